The molecule has 1 saturated heterocycles. The van der Waals surface area contributed by atoms with Gasteiger partial charge in [-0.2, -0.15) is 0 Å². The summed E-state index contributed by atoms with van der Waals surface area (Å²) in [4.78, 5) is 13.8. The second-order valence-electron chi connectivity index (χ2n) is 4.61. The van der Waals surface area contributed by atoms with Gasteiger partial charge in [-0.3, -0.25) is 4.79 Å². The summed E-state index contributed by atoms with van der Waals surface area (Å²) in [6, 6.07) is 5.32. The molecule has 0 radical (unpaired) electrons. The van der Waals surface area contributed by atoms with Crippen molar-refractivity contribution >= 4 is 40.7 Å². The summed E-state index contributed by atoms with van der Waals surface area (Å²) in [6.45, 7) is 2.67. The van der Waals surface area contributed by atoms with E-state index >= 15 is 0 Å². The highest BCUT2D eigenvalue weighted by molar-refractivity contribution is 6.35. The molecule has 0 bridgehead atoms. The normalized spacial score (nSPS) is 21.4. The van der Waals surface area contributed by atoms with Crippen molar-refractivity contribution in [3.05, 3.63) is 33.8 Å². The smallest absolute Gasteiger partial charge is 0.223 e. The van der Waals surface area contributed by atoms with Crippen LogP contribution in [0.2, 0.25) is 10.0 Å². The third-order valence-electron chi connectivity index (χ3n) is 3.34. The van der Waals surface area contributed by atoms with Gasteiger partial charge in [0.2, 0.25) is 5.91 Å². The first-order chi connectivity index (χ1) is 8.52. The van der Waals surface area contributed by atoms with Crippen LogP contribution in [-0.2, 0) is 4.79 Å². The lowest BCUT2D eigenvalue weighted by molar-refractivity contribution is -0.129. The molecule has 0 aliphatic carbocycles. The number of hydrogen-bond acceptors (Lipinski definition) is 1. The maximum absolute atomic E-state index is 11.9. The number of benzene rings is 1. The Morgan fingerprint density at radius 2 is 2.17 bits per heavy atom. The van der Waals surface area contributed by atoms with Crippen LogP contribution in [0.5, 0.6) is 0 Å². The van der Waals surface area contributed by atoms with Crippen LogP contribution in [0.15, 0.2) is 18.2 Å². The number of carbonyl (C=O) groups is 1. The van der Waals surface area contributed by atoms with E-state index in [0.717, 1.165) is 5.56 Å². The van der Waals surface area contributed by atoms with Crippen molar-refractivity contribution in [2.75, 3.05) is 12.4 Å². The van der Waals surface area contributed by atoms with Gasteiger partial charge in [0.25, 0.3) is 0 Å². The summed E-state index contributed by atoms with van der Waals surface area (Å²) >= 11 is 17.9. The second-order valence-corrected chi connectivity index (χ2v) is 5.76. The molecule has 5 heteroatoms. The zero-order valence-corrected chi connectivity index (χ0v) is 12.3. The van der Waals surface area contributed by atoms with Gasteiger partial charge in [-0.1, -0.05) is 29.3 Å². The zero-order chi connectivity index (χ0) is 13.3. The maximum atomic E-state index is 11.9. The van der Waals surface area contributed by atoms with E-state index < -0.39 is 0 Å². The molecule has 0 saturated carbocycles. The fraction of sp³-hybridized carbons (Fsp3) is 0.462. The molecular formula is C13H14Cl3NO. The lowest BCUT2D eigenvalue weighted by Crippen LogP contribution is -2.28. The molecule has 2 atom stereocenters. The average molecular weight is 307 g/mol. The van der Waals surface area contributed by atoms with Gasteiger partial charge in [0, 0.05) is 28.9 Å². The first kappa shape index (κ1) is 14.0. The largest absolute Gasteiger partial charge is 0.336 e. The Hall–Kier alpha value is -0.440. The fourth-order valence-corrected chi connectivity index (χ4v) is 3.07. The van der Waals surface area contributed by atoms with Crippen molar-refractivity contribution in [2.24, 2.45) is 5.92 Å². The van der Waals surface area contributed by atoms with E-state index in [-0.39, 0.29) is 17.9 Å². The van der Waals surface area contributed by atoms with E-state index in [1.54, 1.807) is 12.1 Å². The third kappa shape index (κ3) is 2.76. The second kappa shape index (κ2) is 5.68. The first-order valence-electron chi connectivity index (χ1n) is 5.83. The van der Waals surface area contributed by atoms with Gasteiger partial charge in [-0.05, 0) is 30.5 Å². The molecule has 2 nitrogen and oxygen atoms in total. The minimum atomic E-state index is -0.0458. The van der Waals surface area contributed by atoms with Crippen molar-refractivity contribution in [2.45, 2.75) is 19.4 Å². The van der Waals surface area contributed by atoms with Crippen molar-refractivity contribution < 1.29 is 4.79 Å². The van der Waals surface area contributed by atoms with E-state index in [0.29, 0.717) is 28.9 Å². The molecule has 0 N–H and O–H groups in total. The molecule has 2 rings (SSSR count). The predicted octanol–water partition coefficient (Wildman–Crippen LogP) is 4.14. The molecule has 1 amide bonds. The Bertz CT molecular complexity index is 464. The van der Waals surface area contributed by atoms with Crippen LogP contribution in [0.4, 0.5) is 0 Å². The lowest BCUT2D eigenvalue weighted by atomic mass is 10.1. The maximum Gasteiger partial charge on any atom is 0.223 e. The summed E-state index contributed by atoms with van der Waals surface area (Å²) in [5.41, 5.74) is 0.921. The zero-order valence-electron chi connectivity index (χ0n) is 10.00. The molecule has 1 aromatic carbocycles. The number of nitrogens with zero attached hydrogens (tertiary/aromatic N) is 1. The van der Waals surface area contributed by atoms with Crippen molar-refractivity contribution in [3.63, 3.8) is 0 Å². The number of rotatable bonds is 3. The van der Waals surface area contributed by atoms with E-state index in [9.17, 15) is 4.79 Å². The van der Waals surface area contributed by atoms with Crippen LogP contribution >= 0.6 is 34.8 Å². The van der Waals surface area contributed by atoms with Crippen LogP contribution in [0.3, 0.4) is 0 Å². The van der Waals surface area contributed by atoms with Gasteiger partial charge in [0.15, 0.2) is 0 Å². The highest BCUT2D eigenvalue weighted by Gasteiger charge is 2.33. The number of halogens is 3. The van der Waals surface area contributed by atoms with Crippen LogP contribution < -0.4 is 0 Å². The van der Waals surface area contributed by atoms with Crippen LogP contribution in [-0.4, -0.2) is 23.2 Å². The molecular weight excluding hydrogens is 293 g/mol. The number of alkyl halides is 1. The SMILES string of the molecule is CC(c1ccc(Cl)cc1Cl)N1CC(CCl)CC1=O. The van der Waals surface area contributed by atoms with Gasteiger partial charge < -0.3 is 4.90 Å². The van der Waals surface area contributed by atoms with Crippen LogP contribution in [0.1, 0.15) is 24.9 Å². The summed E-state index contributed by atoms with van der Waals surface area (Å²) in [7, 11) is 0. The summed E-state index contributed by atoms with van der Waals surface area (Å²) in [6.07, 6.45) is 0.527. The minimum Gasteiger partial charge on any atom is -0.336 e. The molecule has 1 aliphatic rings. The number of hydrogen-bond donors (Lipinski definition) is 0. The molecule has 18 heavy (non-hydrogen) atoms. The van der Waals surface area contributed by atoms with Gasteiger partial charge in [0.05, 0.1) is 6.04 Å². The number of amides is 1. The van der Waals surface area contributed by atoms with Gasteiger partial charge in [0.1, 0.15) is 0 Å². The van der Waals surface area contributed by atoms with Gasteiger partial charge >= 0.3 is 0 Å². The van der Waals surface area contributed by atoms with E-state index in [1.165, 1.54) is 0 Å². The molecule has 1 heterocycles. The average Bonchev–Trinajstić information content (AvgIpc) is 2.70. The molecule has 98 valence electrons. The Balaban J connectivity index is 2.21. The van der Waals surface area contributed by atoms with Gasteiger partial charge in [-0.25, -0.2) is 0 Å². The molecule has 1 fully saturated rings. The van der Waals surface area contributed by atoms with Crippen molar-refractivity contribution in [1.29, 1.82) is 0 Å². The summed E-state index contributed by atoms with van der Waals surface area (Å²) in [5, 5.41) is 1.19. The molecule has 1 aliphatic heterocycles. The Morgan fingerprint density at radius 1 is 1.44 bits per heavy atom. The minimum absolute atomic E-state index is 0.0458. The molecule has 0 spiro atoms. The van der Waals surface area contributed by atoms with Crippen molar-refractivity contribution in [3.8, 4) is 0 Å². The van der Waals surface area contributed by atoms with E-state index in [4.69, 9.17) is 34.8 Å². The van der Waals surface area contributed by atoms with Crippen molar-refractivity contribution in [1.82, 2.24) is 4.90 Å². The predicted molar refractivity (Wildman–Crippen MR) is 75.4 cm³/mol. The Kier molecular flexibility index (Phi) is 4.41. The quantitative estimate of drug-likeness (QED) is 0.769. The summed E-state index contributed by atoms with van der Waals surface area (Å²) < 4.78 is 0. The highest BCUT2D eigenvalue weighted by Crippen LogP contribution is 2.33. The number of carbonyl (C=O) groups excluding carboxylic acids is 1. The lowest BCUT2D eigenvalue weighted by Gasteiger charge is -2.26. The first-order valence-corrected chi connectivity index (χ1v) is 7.12. The molecule has 2 unspecified atom stereocenters. The van der Waals surface area contributed by atoms with Crippen LogP contribution in [0, 0.1) is 5.92 Å². The van der Waals surface area contributed by atoms with Crippen LogP contribution in [0.25, 0.3) is 0 Å². The van der Waals surface area contributed by atoms with E-state index in [2.05, 4.69) is 0 Å². The Morgan fingerprint density at radius 3 is 2.72 bits per heavy atom. The Labute approximate surface area is 122 Å². The monoisotopic (exact) mass is 305 g/mol. The van der Waals surface area contributed by atoms with Gasteiger partial charge in [-0.15, -0.1) is 11.6 Å². The van der Waals surface area contributed by atoms with E-state index in [1.807, 2.05) is 17.9 Å². The standard InChI is InChI=1S/C13H14Cl3NO/c1-8(11-3-2-10(15)5-12(11)16)17-7-9(6-14)4-13(17)18/h2-3,5,8-9H,4,6-7H2,1H3. The summed E-state index contributed by atoms with van der Waals surface area (Å²) in [5.74, 6) is 0.899. The highest BCUT2D eigenvalue weighted by atomic mass is 35.5. The fourth-order valence-electron chi connectivity index (χ4n) is 2.29. The molecule has 1 aromatic rings. The third-order valence-corrected chi connectivity index (χ3v) is 4.34. The molecule has 0 aromatic heterocycles. The topological polar surface area (TPSA) is 20.3 Å². The number of likely N-dealkylation sites (tertiary alicyclic amines) is 1.